The van der Waals surface area contributed by atoms with Crippen LogP contribution in [0.25, 0.3) is 11.3 Å². The Balaban J connectivity index is 1.26. The topological polar surface area (TPSA) is 66.3 Å². The van der Waals surface area contributed by atoms with Crippen LogP contribution in [-0.2, 0) is 13.1 Å². The van der Waals surface area contributed by atoms with Crippen molar-refractivity contribution in [2.45, 2.75) is 25.2 Å². The molecule has 0 aliphatic carbocycles. The number of carbonyl (C=O) groups excluding carboxylic acids is 1. The molecule has 0 aliphatic rings. The van der Waals surface area contributed by atoms with Gasteiger partial charge in [0, 0.05) is 38.9 Å². The van der Waals surface area contributed by atoms with Crippen LogP contribution in [0.1, 0.15) is 44.9 Å². The Morgan fingerprint density at radius 3 is 1.93 bits per heavy atom. The smallest absolute Gasteiger partial charge is 0.251 e. The molecule has 0 radical (unpaired) electrons. The van der Waals surface area contributed by atoms with E-state index in [1.165, 1.54) is 11.1 Å². The highest BCUT2D eigenvalue weighted by Gasteiger charge is 2.25. The summed E-state index contributed by atoms with van der Waals surface area (Å²) in [6.07, 6.45) is 0. The molecular weight excluding hydrogens is 629 g/mol. The summed E-state index contributed by atoms with van der Waals surface area (Å²) in [5, 5.41) is 6.70. The van der Waals surface area contributed by atoms with Crippen LogP contribution in [-0.4, -0.2) is 5.91 Å². The number of hydrogen-bond acceptors (Lipinski definition) is 5. The Labute approximate surface area is 251 Å². The maximum absolute atomic E-state index is 12.6. The van der Waals surface area contributed by atoms with Gasteiger partial charge in [-0.15, -0.1) is 0 Å². The largest absolute Gasteiger partial charge is 0.460 e. The van der Waals surface area contributed by atoms with Gasteiger partial charge in [0.2, 0.25) is 0 Å². The predicted octanol–water partition coefficient (Wildman–Crippen LogP) is 8.04. The van der Waals surface area contributed by atoms with Crippen molar-refractivity contribution in [2.24, 2.45) is 0 Å². The first-order valence-electron chi connectivity index (χ1n) is 13.1. The zero-order chi connectivity index (χ0) is 27.6. The molecule has 4 aromatic carbocycles. The van der Waals surface area contributed by atoms with Crippen LogP contribution in [0.2, 0.25) is 0 Å². The molecule has 0 fully saturated rings. The van der Waals surface area contributed by atoms with Crippen LogP contribution in [0.4, 0.5) is 0 Å². The number of rotatable bonds is 12. The second-order valence-corrected chi connectivity index (χ2v) is 11.1. The van der Waals surface area contributed by atoms with E-state index in [1.807, 2.05) is 78.9 Å². The second kappa shape index (κ2) is 14.3. The van der Waals surface area contributed by atoms with E-state index in [2.05, 4.69) is 85.1 Å². The van der Waals surface area contributed by atoms with Crippen molar-refractivity contribution in [1.82, 2.24) is 15.4 Å². The Kier molecular flexibility index (Phi) is 10.1. The van der Waals surface area contributed by atoms with E-state index in [1.54, 1.807) is 9.12 Å². The fourth-order valence-corrected chi connectivity index (χ4v) is 5.82. The molecule has 0 spiro atoms. The summed E-state index contributed by atoms with van der Waals surface area (Å²) < 4.78 is 9.79. The first kappa shape index (κ1) is 28.2. The van der Waals surface area contributed by atoms with Crippen molar-refractivity contribution >= 4 is 36.2 Å². The average molecular weight is 660 g/mol. The zero-order valence-electron chi connectivity index (χ0n) is 21.8. The van der Waals surface area contributed by atoms with Gasteiger partial charge >= 0.3 is 0 Å². The highest BCUT2D eigenvalue weighted by atomic mass is 127. The fraction of sp³-hybridized carbons (Fsp3) is 0.121. The minimum absolute atomic E-state index is 0.0214. The van der Waals surface area contributed by atoms with Crippen LogP contribution in [0.5, 0.6) is 0 Å². The number of amides is 1. The number of nitrogens with one attached hydrogen (secondary N) is 3. The van der Waals surface area contributed by atoms with Crippen LogP contribution in [0, 0.1) is 0 Å². The summed E-state index contributed by atoms with van der Waals surface area (Å²) in [7, 11) is 1.58. The van der Waals surface area contributed by atoms with E-state index in [9.17, 15) is 4.79 Å². The molecule has 40 heavy (non-hydrogen) atoms. The molecule has 0 saturated carbocycles. The number of halogens is 1. The minimum Gasteiger partial charge on any atom is -0.460 e. The molecule has 7 heteroatoms. The van der Waals surface area contributed by atoms with Gasteiger partial charge in [-0.1, -0.05) is 103 Å². The molecule has 0 aliphatic heterocycles. The van der Waals surface area contributed by atoms with Crippen LogP contribution in [0.15, 0.2) is 132 Å². The van der Waals surface area contributed by atoms with Gasteiger partial charge in [-0.25, -0.2) is 4.72 Å². The maximum Gasteiger partial charge on any atom is 0.251 e. The highest BCUT2D eigenvalue weighted by Crippen LogP contribution is 2.32. The molecular formula is C33H30IN3O2S. The quantitative estimate of drug-likeness (QED) is 0.0935. The Morgan fingerprint density at radius 1 is 0.700 bits per heavy atom. The molecule has 5 aromatic rings. The first-order valence-corrected chi connectivity index (χ1v) is 16.4. The summed E-state index contributed by atoms with van der Waals surface area (Å²) in [6.45, 7) is 1.06. The molecule has 1 aromatic heterocycles. The monoisotopic (exact) mass is 659 g/mol. The third kappa shape index (κ3) is 7.42. The van der Waals surface area contributed by atoms with E-state index in [0.717, 1.165) is 22.6 Å². The number of furan rings is 1. The molecule has 0 unspecified atom stereocenters. The maximum atomic E-state index is 12.6. The third-order valence-electron chi connectivity index (χ3n) is 6.71. The van der Waals surface area contributed by atoms with Gasteiger partial charge in [0.25, 0.3) is 5.91 Å². The molecule has 1 heterocycles. The first-order chi connectivity index (χ1) is 19.7. The number of hydrogen-bond donors (Lipinski definition) is 3. The molecule has 3 N–H and O–H groups in total. The van der Waals surface area contributed by atoms with Crippen molar-refractivity contribution in [3.63, 3.8) is 0 Å². The molecule has 2 atom stereocenters. The van der Waals surface area contributed by atoms with Gasteiger partial charge < -0.3 is 15.1 Å². The number of carbonyl (C=O) groups is 1. The van der Waals surface area contributed by atoms with Gasteiger partial charge in [-0.05, 0) is 50.1 Å². The molecule has 0 bridgehead atoms. The second-order valence-electron chi connectivity index (χ2n) is 9.36. The summed E-state index contributed by atoms with van der Waals surface area (Å²) in [5.41, 5.74) is 5.02. The Hall–Kier alpha value is -3.37. The highest BCUT2D eigenvalue weighted by molar-refractivity contribution is 14.2. The van der Waals surface area contributed by atoms with Crippen LogP contribution < -0.4 is 15.4 Å². The molecule has 5 nitrogen and oxygen atoms in total. The van der Waals surface area contributed by atoms with Gasteiger partial charge in [0.05, 0.1) is 18.6 Å². The van der Waals surface area contributed by atoms with Gasteiger partial charge in [-0.3, -0.25) is 4.79 Å². The molecule has 202 valence electrons. The lowest BCUT2D eigenvalue weighted by atomic mass is 9.94. The van der Waals surface area contributed by atoms with E-state index < -0.39 is 0 Å². The Bertz CT molecular complexity index is 1480. The normalized spacial score (nSPS) is 12.5. The number of benzene rings is 4. The molecule has 1 amide bonds. The summed E-state index contributed by atoms with van der Waals surface area (Å²) in [4.78, 5) is 12.6. The lowest BCUT2D eigenvalue weighted by molar-refractivity contribution is 0.0951. The molecule has 5 rings (SSSR count). The van der Waals surface area contributed by atoms with Crippen molar-refractivity contribution in [1.29, 1.82) is 0 Å². The average Bonchev–Trinajstić information content (AvgIpc) is 3.50. The SMILES string of the molecule is O=C(NCc1ccccc1)c1ccc(-c2ccc(CN[C@H](c3ccccc3)[C@H](NSI)c3ccccc3)o2)cc1. The third-order valence-corrected chi connectivity index (χ3v) is 7.81. The summed E-state index contributed by atoms with van der Waals surface area (Å²) >= 11 is 2.28. The van der Waals surface area contributed by atoms with E-state index in [-0.39, 0.29) is 18.0 Å². The van der Waals surface area contributed by atoms with Crippen molar-refractivity contribution in [2.75, 3.05) is 0 Å². The fourth-order valence-electron chi connectivity index (χ4n) is 4.63. The van der Waals surface area contributed by atoms with Gasteiger partial charge in [0.15, 0.2) is 0 Å². The summed E-state index contributed by atoms with van der Waals surface area (Å²) in [6, 6.07) is 42.4. The van der Waals surface area contributed by atoms with Crippen molar-refractivity contribution in [3.8, 4) is 11.3 Å². The summed E-state index contributed by atoms with van der Waals surface area (Å²) in [5.74, 6) is 1.51. The lowest BCUT2D eigenvalue weighted by Crippen LogP contribution is -2.32. The van der Waals surface area contributed by atoms with Crippen LogP contribution in [0.3, 0.4) is 0 Å². The Morgan fingerprint density at radius 2 is 1.30 bits per heavy atom. The standard InChI is InChI=1S/C33H30IN3O2S/c34-40-37-32(27-14-8-3-9-15-27)31(26-12-6-2-7-13-26)35-23-29-20-21-30(39-29)25-16-18-28(19-17-25)33(38)36-22-24-10-4-1-5-11-24/h1-21,31-32,35,37H,22-23H2,(H,36,38)/t31-,32-/m1/s1. The van der Waals surface area contributed by atoms with E-state index in [4.69, 9.17) is 4.42 Å². The van der Waals surface area contributed by atoms with Crippen molar-refractivity contribution in [3.05, 3.63) is 155 Å². The van der Waals surface area contributed by atoms with Gasteiger partial charge in [0.1, 0.15) is 11.5 Å². The zero-order valence-corrected chi connectivity index (χ0v) is 24.8. The van der Waals surface area contributed by atoms with E-state index >= 15 is 0 Å². The van der Waals surface area contributed by atoms with Crippen LogP contribution >= 0.6 is 30.3 Å². The van der Waals surface area contributed by atoms with Gasteiger partial charge in [-0.2, -0.15) is 0 Å². The predicted molar refractivity (Wildman–Crippen MR) is 172 cm³/mol. The van der Waals surface area contributed by atoms with E-state index in [0.29, 0.717) is 18.7 Å². The minimum atomic E-state index is -0.0991. The lowest BCUT2D eigenvalue weighted by Gasteiger charge is -2.29. The molecule has 0 saturated heterocycles. The van der Waals surface area contributed by atoms with Crippen molar-refractivity contribution < 1.29 is 9.21 Å².